The second kappa shape index (κ2) is 10.2. The molecule has 2 heterocycles. The zero-order valence-corrected chi connectivity index (χ0v) is 25.1. The van der Waals surface area contributed by atoms with Crippen molar-refractivity contribution in [3.05, 3.63) is 51.4 Å². The van der Waals surface area contributed by atoms with Crippen LogP contribution < -0.4 is 21.0 Å². The Morgan fingerprint density at radius 1 is 1.26 bits per heavy atom. The molecule has 2 saturated carbocycles. The van der Waals surface area contributed by atoms with E-state index in [1.165, 1.54) is 47.9 Å². The first-order valence-electron chi connectivity index (χ1n) is 13.2. The number of alkyl halides is 2. The van der Waals surface area contributed by atoms with E-state index >= 15 is 0 Å². The van der Waals surface area contributed by atoms with Crippen LogP contribution >= 0.6 is 11.8 Å². The quantitative estimate of drug-likeness (QED) is 0.309. The van der Waals surface area contributed by atoms with Gasteiger partial charge in [0.1, 0.15) is 6.04 Å². The van der Waals surface area contributed by atoms with Gasteiger partial charge in [0.05, 0.1) is 33.1 Å². The van der Waals surface area contributed by atoms with Crippen molar-refractivity contribution in [2.75, 3.05) is 17.0 Å². The molecule has 3 aromatic rings. The molecule has 1 unspecified atom stereocenters. The molecule has 42 heavy (non-hydrogen) atoms. The van der Waals surface area contributed by atoms with Crippen LogP contribution in [0, 0.1) is 5.41 Å². The fourth-order valence-corrected chi connectivity index (χ4v) is 6.98. The number of sulfonamides is 1. The molecule has 0 saturated heterocycles. The number of anilines is 1. The van der Waals surface area contributed by atoms with Crippen molar-refractivity contribution < 1.29 is 27.1 Å². The highest BCUT2D eigenvalue weighted by atomic mass is 32.2. The minimum absolute atomic E-state index is 0.0159. The first-order valence-corrected chi connectivity index (χ1v) is 16.1. The number of aromatic nitrogens is 4. The Bertz CT molecular complexity index is 1800. The van der Waals surface area contributed by atoms with E-state index in [9.17, 15) is 36.7 Å². The maximum atomic E-state index is 14.4. The minimum atomic E-state index is -4.08. The fraction of sp³-hybridized carbons (Fsp3) is 0.538. The van der Waals surface area contributed by atoms with Gasteiger partial charge in [0.25, 0.3) is 11.5 Å². The van der Waals surface area contributed by atoms with Gasteiger partial charge in [-0.05, 0) is 56.4 Å². The summed E-state index contributed by atoms with van der Waals surface area (Å²) < 4.78 is 60.7. The summed E-state index contributed by atoms with van der Waals surface area (Å²) in [5, 5.41) is 15.0. The SMILES string of the molecule is CSCC[C@@H](C(=O)O)N(c1cnn(C)c1)n1c(=O)c2cc(S(=O)(=O)NC3(C)CC3)ccc2n(CC2(C)CC2(F)F)c1=O. The highest BCUT2D eigenvalue weighted by molar-refractivity contribution is 7.98. The van der Waals surface area contributed by atoms with Gasteiger partial charge in [0.15, 0.2) is 0 Å². The van der Waals surface area contributed by atoms with Gasteiger partial charge < -0.3 is 5.11 Å². The first kappa shape index (κ1) is 30.2. The van der Waals surface area contributed by atoms with Crippen LogP contribution in [0.2, 0.25) is 0 Å². The maximum absolute atomic E-state index is 14.4. The highest BCUT2D eigenvalue weighted by Crippen LogP contribution is 2.61. The van der Waals surface area contributed by atoms with E-state index in [1.807, 2.05) is 0 Å². The van der Waals surface area contributed by atoms with Crippen LogP contribution in [0.15, 0.2) is 45.1 Å². The Morgan fingerprint density at radius 3 is 2.45 bits per heavy atom. The van der Waals surface area contributed by atoms with Crippen LogP contribution in [-0.2, 0) is 28.4 Å². The van der Waals surface area contributed by atoms with Gasteiger partial charge in [0, 0.05) is 31.7 Å². The molecule has 0 spiro atoms. The van der Waals surface area contributed by atoms with E-state index in [0.717, 1.165) is 15.6 Å². The summed E-state index contributed by atoms with van der Waals surface area (Å²) in [7, 11) is -2.51. The molecule has 2 N–H and O–H groups in total. The standard InChI is InChI=1S/C26H32F2N6O6S2/c1-24(14-26(24,27)28)15-32-19-6-5-17(42(39,40)30-25(2)8-9-25)11-18(19)21(35)34(23(32)38)33(16-12-29-31(3)13-16)20(22(36)37)7-10-41-4/h5-6,11-13,20,30H,7-10,14-15H2,1-4H3,(H,36,37)/t20-,24?/m0/s1. The van der Waals surface area contributed by atoms with E-state index in [4.69, 9.17) is 0 Å². The third-order valence-corrected chi connectivity index (χ3v) is 10.3. The van der Waals surface area contributed by atoms with E-state index in [2.05, 4.69) is 9.82 Å². The van der Waals surface area contributed by atoms with E-state index < -0.39 is 63.1 Å². The van der Waals surface area contributed by atoms with Crippen molar-refractivity contribution >= 4 is 44.3 Å². The van der Waals surface area contributed by atoms with Crippen molar-refractivity contribution in [2.24, 2.45) is 12.5 Å². The number of hydrogen-bond donors (Lipinski definition) is 2. The smallest absolute Gasteiger partial charge is 0.350 e. The molecule has 0 aliphatic heterocycles. The molecular weight excluding hydrogens is 594 g/mol. The highest BCUT2D eigenvalue weighted by Gasteiger charge is 2.68. The normalized spacial score (nSPS) is 21.3. The third kappa shape index (κ3) is 5.35. The van der Waals surface area contributed by atoms with Gasteiger partial charge in [0.2, 0.25) is 10.0 Å². The molecule has 1 aromatic carbocycles. The van der Waals surface area contributed by atoms with Crippen molar-refractivity contribution in [3.8, 4) is 0 Å². The van der Waals surface area contributed by atoms with Gasteiger partial charge in [-0.15, -0.1) is 0 Å². The van der Waals surface area contributed by atoms with Gasteiger partial charge >= 0.3 is 11.7 Å². The van der Waals surface area contributed by atoms with Gasteiger partial charge in [-0.3, -0.25) is 19.1 Å². The molecule has 2 aromatic heterocycles. The summed E-state index contributed by atoms with van der Waals surface area (Å²) in [6.07, 6.45) is 5.30. The molecule has 2 aliphatic carbocycles. The summed E-state index contributed by atoms with van der Waals surface area (Å²) in [4.78, 5) is 40.5. The zero-order chi connectivity index (χ0) is 30.8. The zero-order valence-electron chi connectivity index (χ0n) is 23.5. The number of benzene rings is 1. The Labute approximate surface area is 244 Å². The van der Waals surface area contributed by atoms with Crippen LogP contribution in [0.25, 0.3) is 10.9 Å². The number of thioether (sulfide) groups is 1. The lowest BCUT2D eigenvalue weighted by Crippen LogP contribution is -2.56. The summed E-state index contributed by atoms with van der Waals surface area (Å²) in [5.41, 5.74) is -4.16. The largest absolute Gasteiger partial charge is 0.480 e. The van der Waals surface area contributed by atoms with E-state index in [-0.39, 0.29) is 27.9 Å². The van der Waals surface area contributed by atoms with Crippen LogP contribution in [-0.4, -0.2) is 68.0 Å². The van der Waals surface area contributed by atoms with Crippen molar-refractivity contribution in [1.82, 2.24) is 23.7 Å². The molecule has 2 atom stereocenters. The monoisotopic (exact) mass is 626 g/mol. The molecule has 5 rings (SSSR count). The van der Waals surface area contributed by atoms with Crippen molar-refractivity contribution in [1.29, 1.82) is 0 Å². The molecule has 16 heteroatoms. The van der Waals surface area contributed by atoms with Crippen LogP contribution in [0.3, 0.4) is 0 Å². The number of carboxylic acid groups (broad SMARTS) is 1. The maximum Gasteiger partial charge on any atom is 0.350 e. The fourth-order valence-electron chi connectivity index (χ4n) is 5.03. The number of carboxylic acids is 1. The van der Waals surface area contributed by atoms with E-state index in [0.29, 0.717) is 23.3 Å². The topological polar surface area (TPSA) is 149 Å². The number of fused-ring (bicyclic) bond motifs is 1. The molecule has 12 nitrogen and oxygen atoms in total. The predicted molar refractivity (Wildman–Crippen MR) is 154 cm³/mol. The van der Waals surface area contributed by atoms with Crippen LogP contribution in [0.4, 0.5) is 14.5 Å². The number of aryl methyl sites for hydroxylation is 1. The number of halogens is 2. The summed E-state index contributed by atoms with van der Waals surface area (Å²) in [6.45, 7) is 2.58. The summed E-state index contributed by atoms with van der Waals surface area (Å²) >= 11 is 1.37. The Balaban J connectivity index is 1.80. The lowest BCUT2D eigenvalue weighted by molar-refractivity contribution is -0.138. The number of nitrogens with one attached hydrogen (secondary N) is 1. The average molecular weight is 627 g/mol. The van der Waals surface area contributed by atoms with E-state index in [1.54, 1.807) is 20.2 Å². The Kier molecular flexibility index (Phi) is 7.33. The molecule has 228 valence electrons. The van der Waals surface area contributed by atoms with Crippen molar-refractivity contribution in [3.63, 3.8) is 0 Å². The lowest BCUT2D eigenvalue weighted by atomic mass is 10.1. The Morgan fingerprint density at radius 2 is 1.93 bits per heavy atom. The van der Waals surface area contributed by atoms with Gasteiger partial charge in [-0.2, -0.15) is 21.5 Å². The number of hydrogen-bond acceptors (Lipinski definition) is 8. The minimum Gasteiger partial charge on any atom is -0.480 e. The third-order valence-electron chi connectivity index (χ3n) is 8.01. The molecule has 0 radical (unpaired) electrons. The van der Waals surface area contributed by atoms with Crippen molar-refractivity contribution in [2.45, 2.75) is 68.5 Å². The number of nitrogens with zero attached hydrogens (tertiary/aromatic N) is 5. The lowest BCUT2D eigenvalue weighted by Gasteiger charge is -2.31. The van der Waals surface area contributed by atoms with Gasteiger partial charge in [-0.1, -0.05) is 6.92 Å². The number of rotatable bonds is 12. The summed E-state index contributed by atoms with van der Waals surface area (Å²) in [5.74, 6) is -4.02. The van der Waals surface area contributed by atoms with Crippen LogP contribution in [0.1, 0.15) is 39.5 Å². The second-order valence-corrected chi connectivity index (χ2v) is 14.3. The summed E-state index contributed by atoms with van der Waals surface area (Å²) in [6, 6.07) is 2.16. The average Bonchev–Trinajstić information content (AvgIpc) is 3.65. The second-order valence-electron chi connectivity index (χ2n) is 11.6. The van der Waals surface area contributed by atoms with Crippen LogP contribution in [0.5, 0.6) is 0 Å². The first-order chi connectivity index (χ1) is 19.5. The molecular formula is C26H32F2N6O6S2. The number of carbonyl (C=O) groups is 1. The molecule has 2 aliphatic rings. The predicted octanol–water partition coefficient (Wildman–Crippen LogP) is 2.25. The molecule has 2 fully saturated rings. The molecule has 0 amide bonds. The molecule has 0 bridgehead atoms. The Hall–Kier alpha value is -3.24. The number of aliphatic carboxylic acids is 1. The van der Waals surface area contributed by atoms with Gasteiger partial charge in [-0.25, -0.2) is 31.5 Å².